The monoisotopic (exact) mass is 414 g/mol. The number of hydrogen-bond acceptors (Lipinski definition) is 5. The van der Waals surface area contributed by atoms with E-state index in [2.05, 4.69) is 0 Å². The van der Waals surface area contributed by atoms with E-state index in [1.165, 1.54) is 7.11 Å². The number of furan rings is 1. The smallest absolute Gasteiger partial charge is 0.197 e. The van der Waals surface area contributed by atoms with Gasteiger partial charge in [-0.15, -0.1) is 0 Å². The van der Waals surface area contributed by atoms with Crippen LogP contribution in [0.25, 0.3) is 11.0 Å². The molecule has 4 aromatic rings. The number of rotatable bonds is 7. The first-order valence-electron chi connectivity index (χ1n) is 9.99. The van der Waals surface area contributed by atoms with E-state index in [4.69, 9.17) is 13.9 Å². The molecule has 0 N–H and O–H groups in total. The number of hydrogen-bond donors (Lipinski definition) is 0. The summed E-state index contributed by atoms with van der Waals surface area (Å²) in [6.07, 6.45) is 0.563. The highest BCUT2D eigenvalue weighted by atomic mass is 16.5. The number of methoxy groups -OCH3 is 2. The average Bonchev–Trinajstić information content (AvgIpc) is 3.21. The first kappa shape index (κ1) is 20.4. The Morgan fingerprint density at radius 1 is 0.806 bits per heavy atom. The van der Waals surface area contributed by atoms with Gasteiger partial charge in [0.1, 0.15) is 22.8 Å². The van der Waals surface area contributed by atoms with Gasteiger partial charge >= 0.3 is 0 Å². The summed E-state index contributed by atoms with van der Waals surface area (Å²) in [7, 11) is 3.09. The van der Waals surface area contributed by atoms with Crippen LogP contribution in [0.5, 0.6) is 11.5 Å². The molecule has 5 heteroatoms. The third-order valence-electron chi connectivity index (χ3n) is 5.28. The van der Waals surface area contributed by atoms with Crippen LogP contribution in [-0.4, -0.2) is 25.8 Å². The first-order valence-corrected chi connectivity index (χ1v) is 9.99. The van der Waals surface area contributed by atoms with E-state index in [1.54, 1.807) is 49.6 Å². The highest BCUT2D eigenvalue weighted by Gasteiger charge is 2.26. The van der Waals surface area contributed by atoms with Crippen molar-refractivity contribution in [1.82, 2.24) is 0 Å². The maximum atomic E-state index is 13.7. The van der Waals surface area contributed by atoms with E-state index in [9.17, 15) is 9.59 Å². The predicted molar refractivity (Wildman–Crippen MR) is 118 cm³/mol. The molecule has 0 aliphatic carbocycles. The first-order chi connectivity index (χ1) is 15.1. The normalized spacial score (nSPS) is 10.8. The lowest BCUT2D eigenvalue weighted by Crippen LogP contribution is -2.12. The summed E-state index contributed by atoms with van der Waals surface area (Å²) in [5, 5.41) is 0.739. The van der Waals surface area contributed by atoms with Crippen molar-refractivity contribution in [3.63, 3.8) is 0 Å². The number of aryl methyl sites for hydroxylation is 1. The third kappa shape index (κ3) is 3.70. The lowest BCUT2D eigenvalue weighted by Gasteiger charge is -2.11. The molecule has 0 fully saturated rings. The lowest BCUT2D eigenvalue weighted by molar-refractivity contribution is 0.100. The van der Waals surface area contributed by atoms with Crippen molar-refractivity contribution in [3.05, 3.63) is 94.7 Å². The summed E-state index contributed by atoms with van der Waals surface area (Å²) in [5.41, 5.74) is 2.19. The molecule has 4 rings (SSSR count). The summed E-state index contributed by atoms with van der Waals surface area (Å²) < 4.78 is 16.4. The Bertz CT molecular complexity index is 1260. The summed E-state index contributed by atoms with van der Waals surface area (Å²) >= 11 is 0. The molecule has 0 saturated carbocycles. The van der Waals surface area contributed by atoms with Crippen LogP contribution < -0.4 is 9.47 Å². The molecule has 5 nitrogen and oxygen atoms in total. The summed E-state index contributed by atoms with van der Waals surface area (Å²) in [4.78, 5) is 27.0. The molecule has 156 valence electrons. The molecule has 1 heterocycles. The minimum atomic E-state index is -0.268. The zero-order chi connectivity index (χ0) is 22.0. The lowest BCUT2D eigenvalue weighted by atomic mass is 9.91. The second-order valence-electron chi connectivity index (χ2n) is 7.05. The molecule has 3 aromatic carbocycles. The van der Waals surface area contributed by atoms with Gasteiger partial charge in [-0.3, -0.25) is 9.59 Å². The van der Waals surface area contributed by atoms with Crippen LogP contribution >= 0.6 is 0 Å². The van der Waals surface area contributed by atoms with Gasteiger partial charge in [-0.1, -0.05) is 25.1 Å². The van der Waals surface area contributed by atoms with Crippen LogP contribution in [0.4, 0.5) is 0 Å². The van der Waals surface area contributed by atoms with Gasteiger partial charge < -0.3 is 13.9 Å². The number of para-hydroxylation sites is 1. The van der Waals surface area contributed by atoms with Crippen LogP contribution in [0.2, 0.25) is 0 Å². The van der Waals surface area contributed by atoms with Crippen LogP contribution in [-0.2, 0) is 6.42 Å². The highest BCUT2D eigenvalue weighted by Crippen LogP contribution is 2.31. The minimum Gasteiger partial charge on any atom is -0.497 e. The molecule has 0 amide bonds. The number of benzene rings is 3. The Kier molecular flexibility index (Phi) is 5.58. The Labute approximate surface area is 180 Å². The van der Waals surface area contributed by atoms with Gasteiger partial charge in [0, 0.05) is 28.5 Å². The van der Waals surface area contributed by atoms with E-state index in [1.807, 2.05) is 31.2 Å². The third-order valence-corrected chi connectivity index (χ3v) is 5.28. The molecule has 0 radical (unpaired) electrons. The molecule has 0 unspecified atom stereocenters. The quantitative estimate of drug-likeness (QED) is 0.375. The number of ether oxygens (including phenoxy) is 2. The standard InChI is InChI=1S/C26H22O5/c1-4-22-24(20-7-5-6-8-23(20)31-22)26(28)19-14-13-18(30-3)15-21(19)25(27)16-9-11-17(29-2)12-10-16/h5-15H,4H2,1-3H3. The number of fused-ring (bicyclic) bond motifs is 1. The van der Waals surface area contributed by atoms with E-state index in [0.29, 0.717) is 46.0 Å². The SMILES string of the molecule is CCc1oc2ccccc2c1C(=O)c1ccc(OC)cc1C(=O)c1ccc(OC)cc1. The van der Waals surface area contributed by atoms with Crippen molar-refractivity contribution >= 4 is 22.5 Å². The fourth-order valence-electron chi connectivity index (χ4n) is 3.66. The number of carbonyl (C=O) groups excluding carboxylic acids is 2. The van der Waals surface area contributed by atoms with Crippen molar-refractivity contribution in [3.8, 4) is 11.5 Å². The van der Waals surface area contributed by atoms with Crippen molar-refractivity contribution in [2.45, 2.75) is 13.3 Å². The number of carbonyl (C=O) groups is 2. The zero-order valence-corrected chi connectivity index (χ0v) is 17.6. The molecule has 0 aliphatic rings. The predicted octanol–water partition coefficient (Wildman–Crippen LogP) is 5.47. The van der Waals surface area contributed by atoms with E-state index in [-0.39, 0.29) is 17.1 Å². The second-order valence-corrected chi connectivity index (χ2v) is 7.05. The largest absolute Gasteiger partial charge is 0.497 e. The van der Waals surface area contributed by atoms with Crippen molar-refractivity contribution in [2.75, 3.05) is 14.2 Å². The average molecular weight is 414 g/mol. The minimum absolute atomic E-state index is 0.249. The van der Waals surface area contributed by atoms with Gasteiger partial charge in [0.15, 0.2) is 11.6 Å². The maximum Gasteiger partial charge on any atom is 0.197 e. The van der Waals surface area contributed by atoms with E-state index < -0.39 is 0 Å². The number of ketones is 2. The van der Waals surface area contributed by atoms with Crippen molar-refractivity contribution in [1.29, 1.82) is 0 Å². The molecule has 0 spiro atoms. The van der Waals surface area contributed by atoms with Crippen molar-refractivity contribution < 1.29 is 23.5 Å². The molecule has 0 bridgehead atoms. The summed E-state index contributed by atoms with van der Waals surface area (Å²) in [6.45, 7) is 1.94. The van der Waals surface area contributed by atoms with Gasteiger partial charge in [0.25, 0.3) is 0 Å². The Balaban J connectivity index is 1.86. The van der Waals surface area contributed by atoms with Gasteiger partial charge in [0.2, 0.25) is 0 Å². The van der Waals surface area contributed by atoms with Crippen LogP contribution in [0, 0.1) is 0 Å². The maximum absolute atomic E-state index is 13.7. The molecular weight excluding hydrogens is 392 g/mol. The summed E-state index contributed by atoms with van der Waals surface area (Å²) in [6, 6.07) is 19.2. The van der Waals surface area contributed by atoms with Crippen LogP contribution in [0.15, 0.2) is 71.1 Å². The second kappa shape index (κ2) is 8.48. The fraction of sp³-hybridized carbons (Fsp3) is 0.154. The van der Waals surface area contributed by atoms with Gasteiger partial charge in [-0.05, 0) is 48.5 Å². The van der Waals surface area contributed by atoms with Gasteiger partial charge in [-0.25, -0.2) is 0 Å². The molecule has 0 atom stereocenters. The Morgan fingerprint density at radius 2 is 1.48 bits per heavy atom. The van der Waals surface area contributed by atoms with E-state index in [0.717, 1.165) is 5.39 Å². The van der Waals surface area contributed by atoms with Gasteiger partial charge in [0.05, 0.1) is 19.8 Å². The molecule has 1 aromatic heterocycles. The fourth-order valence-corrected chi connectivity index (χ4v) is 3.66. The molecule has 31 heavy (non-hydrogen) atoms. The highest BCUT2D eigenvalue weighted by molar-refractivity contribution is 6.23. The Morgan fingerprint density at radius 3 is 2.16 bits per heavy atom. The molecule has 0 saturated heterocycles. The topological polar surface area (TPSA) is 65.7 Å². The van der Waals surface area contributed by atoms with Crippen LogP contribution in [0.3, 0.4) is 0 Å². The molecular formula is C26H22O5. The van der Waals surface area contributed by atoms with Crippen molar-refractivity contribution in [2.24, 2.45) is 0 Å². The molecule has 0 aliphatic heterocycles. The Hall–Kier alpha value is -3.86. The van der Waals surface area contributed by atoms with Gasteiger partial charge in [-0.2, -0.15) is 0 Å². The van der Waals surface area contributed by atoms with E-state index >= 15 is 0 Å². The zero-order valence-electron chi connectivity index (χ0n) is 17.6. The van der Waals surface area contributed by atoms with Crippen LogP contribution in [0.1, 0.15) is 44.5 Å². The summed E-state index contributed by atoms with van der Waals surface area (Å²) in [5.74, 6) is 1.24.